The van der Waals surface area contributed by atoms with Crippen LogP contribution in [0, 0.1) is 6.92 Å². The van der Waals surface area contributed by atoms with Crippen LogP contribution in [-0.2, 0) is 4.79 Å². The van der Waals surface area contributed by atoms with Crippen LogP contribution in [0.3, 0.4) is 0 Å². The second-order valence-electron chi connectivity index (χ2n) is 4.42. The van der Waals surface area contributed by atoms with E-state index in [-0.39, 0.29) is 19.0 Å². The summed E-state index contributed by atoms with van der Waals surface area (Å²) in [4.78, 5) is 31.5. The minimum Gasteiger partial charge on any atom is -0.480 e. The van der Waals surface area contributed by atoms with Crippen molar-refractivity contribution in [2.75, 3.05) is 13.1 Å². The molecule has 0 unspecified atom stereocenters. The summed E-state index contributed by atoms with van der Waals surface area (Å²) >= 11 is 1.53. The van der Waals surface area contributed by atoms with Gasteiger partial charge in [-0.3, -0.25) is 9.59 Å². The molecular formula is C14H15N3O3S. The van der Waals surface area contributed by atoms with E-state index < -0.39 is 5.97 Å². The highest BCUT2D eigenvalue weighted by Gasteiger charge is 2.19. The van der Waals surface area contributed by atoms with E-state index in [2.05, 4.69) is 16.5 Å². The summed E-state index contributed by atoms with van der Waals surface area (Å²) in [5.74, 6) is -1.44. The molecule has 110 valence electrons. The lowest BCUT2D eigenvalue weighted by Crippen LogP contribution is -2.35. The van der Waals surface area contributed by atoms with Crippen molar-refractivity contribution in [1.29, 1.82) is 0 Å². The molecule has 0 aliphatic heterocycles. The van der Waals surface area contributed by atoms with E-state index in [1.165, 1.54) is 22.3 Å². The van der Waals surface area contributed by atoms with Gasteiger partial charge in [-0.05, 0) is 13.0 Å². The fourth-order valence-corrected chi connectivity index (χ4v) is 2.49. The quantitative estimate of drug-likeness (QED) is 0.801. The number of aromatic nitrogens is 2. The molecule has 21 heavy (non-hydrogen) atoms. The van der Waals surface area contributed by atoms with E-state index in [1.54, 1.807) is 12.3 Å². The molecule has 0 spiro atoms. The molecule has 6 nitrogen and oxygen atoms in total. The van der Waals surface area contributed by atoms with Crippen molar-refractivity contribution in [3.05, 3.63) is 41.0 Å². The van der Waals surface area contributed by atoms with Gasteiger partial charge in [-0.2, -0.15) is 0 Å². The maximum atomic E-state index is 12.3. The van der Waals surface area contributed by atoms with E-state index in [1.807, 2.05) is 12.3 Å². The molecule has 0 aromatic carbocycles. The Kier molecular flexibility index (Phi) is 4.54. The summed E-state index contributed by atoms with van der Waals surface area (Å²) in [6.45, 7) is 5.25. The molecule has 0 fully saturated rings. The average molecular weight is 305 g/mol. The van der Waals surface area contributed by atoms with Crippen molar-refractivity contribution in [2.45, 2.75) is 6.92 Å². The highest BCUT2D eigenvalue weighted by atomic mass is 32.1. The topological polar surface area (TPSA) is 86.3 Å². The van der Waals surface area contributed by atoms with Gasteiger partial charge >= 0.3 is 5.97 Å². The van der Waals surface area contributed by atoms with Crippen LogP contribution in [0.15, 0.2) is 30.3 Å². The number of carboxylic acids is 1. The van der Waals surface area contributed by atoms with E-state index in [0.717, 1.165) is 16.3 Å². The van der Waals surface area contributed by atoms with Crippen molar-refractivity contribution >= 4 is 23.2 Å². The molecule has 2 rings (SSSR count). The SMILES string of the molecule is C=CCN(CC(=O)O)C(=O)c1cc(-c2csc(C)n2)c[nH]1. The smallest absolute Gasteiger partial charge is 0.323 e. The average Bonchev–Trinajstić information content (AvgIpc) is 3.05. The van der Waals surface area contributed by atoms with Gasteiger partial charge in [0, 0.05) is 23.7 Å². The van der Waals surface area contributed by atoms with Crippen LogP contribution in [0.4, 0.5) is 0 Å². The third-order valence-corrected chi connectivity index (χ3v) is 3.56. The number of carbonyl (C=O) groups is 2. The van der Waals surface area contributed by atoms with Crippen LogP contribution in [0.2, 0.25) is 0 Å². The van der Waals surface area contributed by atoms with Crippen molar-refractivity contribution < 1.29 is 14.7 Å². The highest BCUT2D eigenvalue weighted by molar-refractivity contribution is 7.09. The maximum Gasteiger partial charge on any atom is 0.323 e. The van der Waals surface area contributed by atoms with Crippen LogP contribution in [0.5, 0.6) is 0 Å². The first kappa shape index (κ1) is 15.0. The number of aryl methyl sites for hydroxylation is 1. The zero-order chi connectivity index (χ0) is 15.4. The molecule has 2 aromatic rings. The Hall–Kier alpha value is -2.41. The molecule has 2 aromatic heterocycles. The first-order valence-corrected chi connectivity index (χ1v) is 7.12. The molecule has 0 bridgehead atoms. The van der Waals surface area contributed by atoms with Gasteiger partial charge in [0.1, 0.15) is 12.2 Å². The zero-order valence-corrected chi connectivity index (χ0v) is 12.3. The molecule has 0 atom stereocenters. The summed E-state index contributed by atoms with van der Waals surface area (Å²) in [6.07, 6.45) is 3.18. The van der Waals surface area contributed by atoms with Crippen LogP contribution < -0.4 is 0 Å². The highest BCUT2D eigenvalue weighted by Crippen LogP contribution is 2.22. The van der Waals surface area contributed by atoms with Gasteiger partial charge in [-0.1, -0.05) is 6.08 Å². The van der Waals surface area contributed by atoms with E-state index in [4.69, 9.17) is 5.11 Å². The standard InChI is InChI=1S/C14H15N3O3S/c1-3-4-17(7-13(18)19)14(20)11-5-10(6-15-11)12-8-21-9(2)16-12/h3,5-6,8,15H,1,4,7H2,2H3,(H,18,19). The lowest BCUT2D eigenvalue weighted by atomic mass is 10.2. The number of thiazole rings is 1. The molecule has 2 N–H and O–H groups in total. The van der Waals surface area contributed by atoms with Crippen molar-refractivity contribution in [1.82, 2.24) is 14.9 Å². The summed E-state index contributed by atoms with van der Waals surface area (Å²) in [5, 5.41) is 11.7. The van der Waals surface area contributed by atoms with Gasteiger partial charge in [0.25, 0.3) is 5.91 Å². The number of aromatic amines is 1. The summed E-state index contributed by atoms with van der Waals surface area (Å²) in [6, 6.07) is 1.68. The summed E-state index contributed by atoms with van der Waals surface area (Å²) < 4.78 is 0. The van der Waals surface area contributed by atoms with Crippen molar-refractivity contribution in [3.63, 3.8) is 0 Å². The largest absolute Gasteiger partial charge is 0.480 e. The van der Waals surface area contributed by atoms with Crippen molar-refractivity contribution in [3.8, 4) is 11.3 Å². The van der Waals surface area contributed by atoms with Crippen LogP contribution in [0.1, 0.15) is 15.5 Å². The molecule has 1 amide bonds. The molecule has 7 heteroatoms. The minimum absolute atomic E-state index is 0.176. The summed E-state index contributed by atoms with van der Waals surface area (Å²) in [5.41, 5.74) is 1.93. The number of nitrogens with one attached hydrogen (secondary N) is 1. The Balaban J connectivity index is 2.20. The van der Waals surface area contributed by atoms with Crippen LogP contribution >= 0.6 is 11.3 Å². The Labute approximate surface area is 125 Å². The molecule has 0 aliphatic carbocycles. The number of hydrogen-bond donors (Lipinski definition) is 2. The molecule has 0 saturated heterocycles. The normalized spacial score (nSPS) is 10.3. The van der Waals surface area contributed by atoms with E-state index in [0.29, 0.717) is 5.69 Å². The molecule has 0 saturated carbocycles. The van der Waals surface area contributed by atoms with E-state index >= 15 is 0 Å². The predicted octanol–water partition coefficient (Wildman–Crippen LogP) is 2.16. The number of rotatable bonds is 6. The minimum atomic E-state index is -1.06. The van der Waals surface area contributed by atoms with E-state index in [9.17, 15) is 9.59 Å². The molecule has 0 aliphatic rings. The number of nitrogens with zero attached hydrogens (tertiary/aromatic N) is 2. The van der Waals surface area contributed by atoms with Gasteiger partial charge in [-0.15, -0.1) is 17.9 Å². The first-order chi connectivity index (χ1) is 10.0. The molecule has 2 heterocycles. The van der Waals surface area contributed by atoms with Gasteiger partial charge in [0.15, 0.2) is 0 Å². The zero-order valence-electron chi connectivity index (χ0n) is 11.5. The third-order valence-electron chi connectivity index (χ3n) is 2.79. The Bertz CT molecular complexity index is 675. The van der Waals surface area contributed by atoms with Crippen LogP contribution in [0.25, 0.3) is 11.3 Å². The summed E-state index contributed by atoms with van der Waals surface area (Å²) in [7, 11) is 0. The number of hydrogen-bond acceptors (Lipinski definition) is 4. The lowest BCUT2D eigenvalue weighted by molar-refractivity contribution is -0.137. The fourth-order valence-electron chi connectivity index (χ4n) is 1.87. The fraction of sp³-hybridized carbons (Fsp3) is 0.214. The van der Waals surface area contributed by atoms with Crippen LogP contribution in [-0.4, -0.2) is 44.9 Å². The number of H-pyrrole nitrogens is 1. The first-order valence-electron chi connectivity index (χ1n) is 6.24. The van der Waals surface area contributed by atoms with Crippen molar-refractivity contribution in [2.24, 2.45) is 0 Å². The number of carboxylic acid groups (broad SMARTS) is 1. The Morgan fingerprint density at radius 2 is 2.33 bits per heavy atom. The monoisotopic (exact) mass is 305 g/mol. The second-order valence-corrected chi connectivity index (χ2v) is 5.48. The second kappa shape index (κ2) is 6.36. The number of aliphatic carboxylic acids is 1. The third kappa shape index (κ3) is 3.57. The van der Waals surface area contributed by atoms with Gasteiger partial charge < -0.3 is 15.0 Å². The lowest BCUT2D eigenvalue weighted by Gasteiger charge is -2.17. The molecule has 0 radical (unpaired) electrons. The Morgan fingerprint density at radius 3 is 2.90 bits per heavy atom. The Morgan fingerprint density at radius 1 is 1.57 bits per heavy atom. The van der Waals surface area contributed by atoms with Gasteiger partial charge in [0.2, 0.25) is 0 Å². The molecular weight excluding hydrogens is 290 g/mol. The maximum absolute atomic E-state index is 12.3. The number of amides is 1. The van der Waals surface area contributed by atoms with Gasteiger partial charge in [0.05, 0.1) is 10.7 Å². The van der Waals surface area contributed by atoms with Gasteiger partial charge in [-0.25, -0.2) is 4.98 Å². The number of carbonyl (C=O) groups excluding carboxylic acids is 1. The predicted molar refractivity (Wildman–Crippen MR) is 80.4 cm³/mol.